The number of nitrogens with zero attached hydrogens (tertiary/aromatic N) is 4. The molecule has 0 spiro atoms. The van der Waals surface area contributed by atoms with Gasteiger partial charge in [0, 0.05) is 68.6 Å². The number of rotatable bonds is 6. The van der Waals surface area contributed by atoms with E-state index in [4.69, 9.17) is 16.6 Å². The molecule has 1 aromatic heterocycles. The van der Waals surface area contributed by atoms with Crippen molar-refractivity contribution in [3.05, 3.63) is 198 Å². The molecule has 82 heavy (non-hydrogen) atoms. The maximum Gasteiger partial charge on any atom is 0.335 e. The van der Waals surface area contributed by atoms with Crippen molar-refractivity contribution < 1.29 is 58.2 Å². The molecule has 0 bridgehead atoms. The van der Waals surface area contributed by atoms with Crippen LogP contribution in [0, 0.1) is 38.5 Å². The van der Waals surface area contributed by atoms with Crippen molar-refractivity contribution in [1.29, 1.82) is 0 Å². The first-order valence-corrected chi connectivity index (χ1v) is 28.4. The number of imide groups is 3. The lowest BCUT2D eigenvalue weighted by Gasteiger charge is -2.26. The maximum atomic E-state index is 12.8. The van der Waals surface area contributed by atoms with Gasteiger partial charge in [0.25, 0.3) is 41.4 Å². The van der Waals surface area contributed by atoms with Crippen LogP contribution in [0.5, 0.6) is 0 Å². The second-order valence-corrected chi connectivity index (χ2v) is 23.2. The SMILES string of the molecule is C#C[C@]1(CN2Cc3ccc(I)cc3C2=O)NC(=O)NC1=O.O=C(O)c1cccc(I)c1.O=C1NC(=O)[C@@](C#Cc2cccnc2)(CN2Cc3ccc(I)cc3C2=O)N1.O=C1NCc2ccc(I)cc21.O=C1c2ccccc2C(=O)N1CO. The van der Waals surface area contributed by atoms with Gasteiger partial charge in [-0.2, -0.15) is 0 Å². The van der Waals surface area contributed by atoms with Gasteiger partial charge in [-0.1, -0.05) is 54.2 Å². The number of fused-ring (bicyclic) bond motifs is 4. The summed E-state index contributed by atoms with van der Waals surface area (Å²) in [5.41, 5.74) is 3.61. The molecule has 5 aromatic carbocycles. The molecule has 2 atom stereocenters. The molecule has 6 aliphatic rings. The molecule has 7 heterocycles. The number of aromatic carboxylic acids is 1. The number of carbonyl (C=O) groups excluding carboxylic acids is 9. The zero-order valence-corrected chi connectivity index (χ0v) is 50.9. The fourth-order valence-electron chi connectivity index (χ4n) is 8.77. The van der Waals surface area contributed by atoms with Crippen LogP contribution in [-0.4, -0.2) is 120 Å². The van der Waals surface area contributed by atoms with E-state index in [2.05, 4.69) is 140 Å². The Balaban J connectivity index is 0.000000142. The van der Waals surface area contributed by atoms with E-state index in [0.717, 1.165) is 41.4 Å². The van der Waals surface area contributed by atoms with Gasteiger partial charge < -0.3 is 36.0 Å². The Kier molecular flexibility index (Phi) is 19.1. The minimum Gasteiger partial charge on any atom is -0.478 e. The Morgan fingerprint density at radius 3 is 1.57 bits per heavy atom. The number of urea groups is 2. The van der Waals surface area contributed by atoms with E-state index in [0.29, 0.717) is 53.0 Å². The van der Waals surface area contributed by atoms with Crippen LogP contribution in [0.15, 0.2) is 128 Å². The Hall–Kier alpha value is -7.85. The molecule has 12 rings (SSSR count). The minimum atomic E-state index is -1.50. The third-order valence-corrected chi connectivity index (χ3v) is 15.5. The Bertz CT molecular complexity index is 3760. The summed E-state index contributed by atoms with van der Waals surface area (Å²) in [6.45, 7) is 0.771. The lowest BCUT2D eigenvalue weighted by Crippen LogP contribution is -2.54. The number of terminal acetylenes is 1. The summed E-state index contributed by atoms with van der Waals surface area (Å²) in [7, 11) is 0. The number of carboxylic acids is 1. The summed E-state index contributed by atoms with van der Waals surface area (Å²) in [5, 5.41) is 29.4. The molecule has 25 heteroatoms. The van der Waals surface area contributed by atoms with Crippen LogP contribution in [0.1, 0.15) is 84.4 Å². The van der Waals surface area contributed by atoms with Crippen LogP contribution >= 0.6 is 90.4 Å². The summed E-state index contributed by atoms with van der Waals surface area (Å²) in [6, 6.07) is 32.7. The summed E-state index contributed by atoms with van der Waals surface area (Å²) < 4.78 is 3.97. The average Bonchev–Trinajstić information content (AvgIpc) is 4.43. The predicted molar refractivity (Wildman–Crippen MR) is 327 cm³/mol. The van der Waals surface area contributed by atoms with E-state index in [-0.39, 0.29) is 30.8 Å². The topological polar surface area (TPSA) is 294 Å². The summed E-state index contributed by atoms with van der Waals surface area (Å²) in [5.74, 6) is 4.81. The van der Waals surface area contributed by atoms with Crippen molar-refractivity contribution in [2.45, 2.75) is 30.7 Å². The molecule has 414 valence electrons. The quantitative estimate of drug-likeness (QED) is 0.0471. The molecule has 0 radical (unpaired) electrons. The van der Waals surface area contributed by atoms with Gasteiger partial charge in [0.05, 0.1) is 29.8 Å². The predicted octanol–water partition coefficient (Wildman–Crippen LogP) is 5.49. The molecule has 6 aliphatic heterocycles. The monoisotopic (exact) mass is 1550 g/mol. The molecule has 2 fully saturated rings. The first-order chi connectivity index (χ1) is 39.1. The van der Waals surface area contributed by atoms with Crippen molar-refractivity contribution in [2.24, 2.45) is 0 Å². The smallest absolute Gasteiger partial charge is 0.335 e. The lowest BCUT2D eigenvalue weighted by atomic mass is 9.99. The third kappa shape index (κ3) is 13.6. The van der Waals surface area contributed by atoms with E-state index in [1.54, 1.807) is 73.1 Å². The molecule has 21 nitrogen and oxygen atoms in total. The number of nitrogens with one attached hydrogen (secondary N) is 5. The number of benzene rings is 5. The first kappa shape index (κ1) is 60.3. The van der Waals surface area contributed by atoms with Gasteiger partial charge in [0.15, 0.2) is 5.54 Å². The zero-order chi connectivity index (χ0) is 59.0. The summed E-state index contributed by atoms with van der Waals surface area (Å²) in [4.78, 5) is 125. The molecule has 0 unspecified atom stereocenters. The third-order valence-electron chi connectivity index (χ3n) is 12.8. The number of aliphatic hydroxyl groups excluding tert-OH is 1. The van der Waals surface area contributed by atoms with Gasteiger partial charge >= 0.3 is 18.0 Å². The summed E-state index contributed by atoms with van der Waals surface area (Å²) in [6.07, 6.45) is 8.59. The molecular formula is C57H41I4N9O12. The highest BCUT2D eigenvalue weighted by atomic mass is 127. The standard InChI is InChI=1S/C19H13IN4O3.C14H10IN3O3.C9H7NO3.C8H6INO.C7H5IO2/c20-14-4-3-13-10-24(16(25)15(13)8-14)11-19(17(26)22-18(27)23-19)6-5-12-2-1-7-21-9-12;1-2-14(12(20)16-13(21)17-14)7-18-6-8-3-4-9(15)5-10(8)11(18)19;11-5-10-8(12)6-3-1-2-4-7(6)9(10)13;9-6-2-1-5-4-10-8(11)7(5)3-6;8-6-3-1-2-5(4-6)7(9)10/h1-4,7-9H,10-11H2,(H2,22,23,26,27);1,3-5H,6-7H2,(H2,16,17,20,21);1-4,11H,5H2;1-3H,4H2,(H,10,11);1-4H,(H,9,10)/t19-;14-;;;/m11.../s1. The number of amides is 11. The fraction of sp³-hybridized carbons (Fsp3) is 0.140. The Morgan fingerprint density at radius 1 is 0.598 bits per heavy atom. The molecule has 0 aliphatic carbocycles. The minimum absolute atomic E-state index is 0.0398. The summed E-state index contributed by atoms with van der Waals surface area (Å²) >= 11 is 8.56. The number of carboxylic acid groups (broad SMARTS) is 1. The van der Waals surface area contributed by atoms with Gasteiger partial charge in [-0.25, -0.2) is 14.4 Å². The molecule has 6 aromatic rings. The number of hydrogen-bond donors (Lipinski definition) is 7. The first-order valence-electron chi connectivity index (χ1n) is 24.1. The number of aromatic nitrogens is 1. The van der Waals surface area contributed by atoms with Gasteiger partial charge in [-0.3, -0.25) is 54.1 Å². The van der Waals surface area contributed by atoms with Gasteiger partial charge in [0.1, 0.15) is 6.73 Å². The van der Waals surface area contributed by atoms with Crippen LogP contribution in [0.3, 0.4) is 0 Å². The zero-order valence-electron chi connectivity index (χ0n) is 42.2. The molecule has 7 N–H and O–H groups in total. The van der Waals surface area contributed by atoms with Crippen LogP contribution in [0.2, 0.25) is 0 Å². The van der Waals surface area contributed by atoms with E-state index in [1.807, 2.05) is 54.6 Å². The number of halogens is 4. The number of carbonyl (C=O) groups is 10. The highest BCUT2D eigenvalue weighted by Gasteiger charge is 2.49. The molecule has 11 amide bonds. The van der Waals surface area contributed by atoms with E-state index in [1.165, 1.54) is 9.80 Å². The number of hydrogen-bond acceptors (Lipinski definition) is 12. The van der Waals surface area contributed by atoms with Crippen LogP contribution in [-0.2, 0) is 29.2 Å². The van der Waals surface area contributed by atoms with Crippen molar-refractivity contribution in [1.82, 2.24) is 46.3 Å². The second kappa shape index (κ2) is 25.9. The maximum absolute atomic E-state index is 12.8. The van der Waals surface area contributed by atoms with Crippen molar-refractivity contribution >= 4 is 150 Å². The van der Waals surface area contributed by atoms with Crippen molar-refractivity contribution in [3.63, 3.8) is 0 Å². The Morgan fingerprint density at radius 2 is 1.11 bits per heavy atom. The molecular weight excluding hydrogens is 1510 g/mol. The van der Waals surface area contributed by atoms with Gasteiger partial charge in [-0.05, 0) is 186 Å². The number of pyridine rings is 1. The highest BCUT2D eigenvalue weighted by Crippen LogP contribution is 2.29. The average molecular weight is 1550 g/mol. The van der Waals surface area contributed by atoms with Gasteiger partial charge in [0.2, 0.25) is 5.54 Å². The van der Waals surface area contributed by atoms with Gasteiger partial charge in [-0.15, -0.1) is 6.42 Å². The molecule has 2 saturated heterocycles. The lowest BCUT2D eigenvalue weighted by molar-refractivity contribution is -0.123. The fourth-order valence-corrected chi connectivity index (χ4v) is 10.8. The normalized spacial score (nSPS) is 18.3. The van der Waals surface area contributed by atoms with E-state index >= 15 is 0 Å². The van der Waals surface area contributed by atoms with Crippen LogP contribution in [0.25, 0.3) is 0 Å². The van der Waals surface area contributed by atoms with E-state index < -0.39 is 59.5 Å². The number of aliphatic hydroxyl groups is 1. The van der Waals surface area contributed by atoms with Crippen LogP contribution < -0.4 is 26.6 Å². The molecule has 0 saturated carbocycles. The van der Waals surface area contributed by atoms with Crippen molar-refractivity contribution in [3.8, 4) is 24.2 Å². The van der Waals surface area contributed by atoms with E-state index in [9.17, 15) is 47.9 Å². The highest BCUT2D eigenvalue weighted by molar-refractivity contribution is 14.1. The van der Waals surface area contributed by atoms with Crippen LogP contribution in [0.4, 0.5) is 9.59 Å². The van der Waals surface area contributed by atoms with Crippen molar-refractivity contribution in [2.75, 3.05) is 19.8 Å². The Labute approximate surface area is 521 Å². The second-order valence-electron chi connectivity index (χ2n) is 18.2. The largest absolute Gasteiger partial charge is 0.478 e.